The monoisotopic (exact) mass is 180 g/mol. The van der Waals surface area contributed by atoms with E-state index in [-0.39, 0.29) is 5.75 Å². The average Bonchev–Trinajstić information content (AvgIpc) is 2.42. The predicted octanol–water partition coefficient (Wildman–Crippen LogP) is 0.839. The predicted molar refractivity (Wildman–Crippen MR) is 45.8 cm³/mol. The van der Waals surface area contributed by atoms with E-state index in [1.54, 1.807) is 13.8 Å². The van der Waals surface area contributed by atoms with E-state index in [2.05, 4.69) is 9.97 Å². The summed E-state index contributed by atoms with van der Waals surface area (Å²) < 4.78 is 4.80. The lowest BCUT2D eigenvalue weighted by atomic mass is 10.2. The second-order valence-electron chi connectivity index (χ2n) is 2.86. The van der Waals surface area contributed by atoms with Gasteiger partial charge in [0.1, 0.15) is 5.75 Å². The van der Waals surface area contributed by atoms with Gasteiger partial charge in [0.05, 0.1) is 5.69 Å². The molecule has 0 aliphatic rings. The normalized spacial score (nSPS) is 10.9. The Kier molecular flexibility index (Phi) is 1.42. The molecule has 0 unspecified atom stereocenters. The van der Waals surface area contributed by atoms with Crippen molar-refractivity contribution in [2.75, 3.05) is 0 Å². The highest BCUT2D eigenvalue weighted by Gasteiger charge is 2.11. The molecule has 2 aromatic rings. The number of hydrogen-bond donors (Lipinski definition) is 2. The SMILES string of the molecule is Cc1nc2[nH]c(=O)oc2c(C)c1O. The average molecular weight is 180 g/mol. The molecule has 2 aromatic heterocycles. The van der Waals surface area contributed by atoms with Crippen LogP contribution in [0.4, 0.5) is 0 Å². The minimum atomic E-state index is -0.560. The summed E-state index contributed by atoms with van der Waals surface area (Å²) in [6, 6.07) is 0. The van der Waals surface area contributed by atoms with E-state index >= 15 is 0 Å². The quantitative estimate of drug-likeness (QED) is 0.629. The van der Waals surface area contributed by atoms with E-state index in [0.29, 0.717) is 22.5 Å². The summed E-state index contributed by atoms with van der Waals surface area (Å²) in [7, 11) is 0. The van der Waals surface area contributed by atoms with Gasteiger partial charge in [0.25, 0.3) is 0 Å². The van der Waals surface area contributed by atoms with Crippen molar-refractivity contribution in [1.82, 2.24) is 9.97 Å². The van der Waals surface area contributed by atoms with Crippen LogP contribution in [0.1, 0.15) is 11.3 Å². The maximum absolute atomic E-state index is 10.8. The summed E-state index contributed by atoms with van der Waals surface area (Å²) in [6.45, 7) is 3.33. The molecule has 0 spiro atoms. The molecule has 0 aliphatic carbocycles. The minimum Gasteiger partial charge on any atom is -0.506 e. The van der Waals surface area contributed by atoms with Crippen molar-refractivity contribution in [2.45, 2.75) is 13.8 Å². The fraction of sp³-hybridized carbons (Fsp3) is 0.250. The number of nitrogens with zero attached hydrogens (tertiary/aromatic N) is 1. The van der Waals surface area contributed by atoms with E-state index in [1.807, 2.05) is 0 Å². The van der Waals surface area contributed by atoms with Crippen molar-refractivity contribution in [3.8, 4) is 5.75 Å². The van der Waals surface area contributed by atoms with Crippen LogP contribution in [0.2, 0.25) is 0 Å². The lowest BCUT2D eigenvalue weighted by molar-refractivity contribution is 0.461. The lowest BCUT2D eigenvalue weighted by Crippen LogP contribution is -1.93. The zero-order valence-electron chi connectivity index (χ0n) is 7.21. The number of hydrogen-bond acceptors (Lipinski definition) is 4. The van der Waals surface area contributed by atoms with Gasteiger partial charge in [-0.15, -0.1) is 0 Å². The van der Waals surface area contributed by atoms with E-state index in [4.69, 9.17) is 4.42 Å². The molecule has 5 heteroatoms. The van der Waals surface area contributed by atoms with Crippen LogP contribution >= 0.6 is 0 Å². The molecule has 5 nitrogen and oxygen atoms in total. The molecular formula is C8H8N2O3. The molecule has 0 saturated carbocycles. The molecule has 2 heterocycles. The van der Waals surface area contributed by atoms with Crippen LogP contribution in [0.3, 0.4) is 0 Å². The number of aryl methyl sites for hydroxylation is 2. The van der Waals surface area contributed by atoms with Crippen molar-refractivity contribution in [1.29, 1.82) is 0 Å². The Morgan fingerprint density at radius 1 is 1.46 bits per heavy atom. The van der Waals surface area contributed by atoms with Gasteiger partial charge in [-0.2, -0.15) is 0 Å². The lowest BCUT2D eigenvalue weighted by Gasteiger charge is -2.00. The van der Waals surface area contributed by atoms with Crippen LogP contribution in [-0.2, 0) is 0 Å². The summed E-state index contributed by atoms with van der Waals surface area (Å²) in [5.74, 6) is -0.495. The highest BCUT2D eigenvalue weighted by molar-refractivity contribution is 5.74. The number of fused-ring (bicyclic) bond motifs is 1. The maximum atomic E-state index is 10.8. The summed E-state index contributed by atoms with van der Waals surface area (Å²) in [4.78, 5) is 17.2. The second kappa shape index (κ2) is 2.35. The Bertz CT molecular complexity index is 524. The number of aromatic nitrogens is 2. The van der Waals surface area contributed by atoms with Crippen molar-refractivity contribution in [3.05, 3.63) is 21.8 Å². The highest BCUT2D eigenvalue weighted by Crippen LogP contribution is 2.25. The first kappa shape index (κ1) is 7.85. The molecule has 13 heavy (non-hydrogen) atoms. The van der Waals surface area contributed by atoms with Gasteiger partial charge in [-0.25, -0.2) is 9.78 Å². The van der Waals surface area contributed by atoms with E-state index < -0.39 is 5.76 Å². The van der Waals surface area contributed by atoms with Crippen LogP contribution < -0.4 is 5.76 Å². The smallest absolute Gasteiger partial charge is 0.418 e. The largest absolute Gasteiger partial charge is 0.506 e. The molecule has 2 rings (SSSR count). The Balaban J connectivity index is 3.00. The Morgan fingerprint density at radius 2 is 2.15 bits per heavy atom. The minimum absolute atomic E-state index is 0.0650. The number of oxazole rings is 1. The van der Waals surface area contributed by atoms with Crippen LogP contribution in [0.5, 0.6) is 5.75 Å². The number of aromatic hydroxyl groups is 1. The van der Waals surface area contributed by atoms with Crippen molar-refractivity contribution in [2.24, 2.45) is 0 Å². The standard InChI is InChI=1S/C8H8N2O3/c1-3-5(11)4(2)9-7-6(3)13-8(12)10-7/h11H,1-2H3,(H,9,10,12). The first-order valence-corrected chi connectivity index (χ1v) is 3.78. The third-order valence-corrected chi connectivity index (χ3v) is 1.95. The third kappa shape index (κ3) is 1.00. The molecular weight excluding hydrogens is 172 g/mol. The molecule has 0 amide bonds. The molecule has 0 fully saturated rings. The highest BCUT2D eigenvalue weighted by atomic mass is 16.4. The van der Waals surface area contributed by atoms with Crippen LogP contribution in [0.15, 0.2) is 9.21 Å². The zero-order chi connectivity index (χ0) is 9.59. The van der Waals surface area contributed by atoms with E-state index in [1.165, 1.54) is 0 Å². The molecule has 0 bridgehead atoms. The molecule has 0 saturated heterocycles. The van der Waals surface area contributed by atoms with E-state index in [9.17, 15) is 9.90 Å². The van der Waals surface area contributed by atoms with Gasteiger partial charge in [0.2, 0.25) is 0 Å². The molecule has 2 N–H and O–H groups in total. The summed E-state index contributed by atoms with van der Waals surface area (Å²) in [5.41, 5.74) is 1.69. The molecule has 68 valence electrons. The van der Waals surface area contributed by atoms with Gasteiger partial charge in [0, 0.05) is 5.56 Å². The number of H-pyrrole nitrogens is 1. The first-order chi connectivity index (χ1) is 6.09. The summed E-state index contributed by atoms with van der Waals surface area (Å²) in [6.07, 6.45) is 0. The topological polar surface area (TPSA) is 79.1 Å². The summed E-state index contributed by atoms with van der Waals surface area (Å²) >= 11 is 0. The fourth-order valence-corrected chi connectivity index (χ4v) is 1.25. The first-order valence-electron chi connectivity index (χ1n) is 3.78. The third-order valence-electron chi connectivity index (χ3n) is 1.95. The van der Waals surface area contributed by atoms with Gasteiger partial charge in [-0.05, 0) is 13.8 Å². The van der Waals surface area contributed by atoms with Gasteiger partial charge >= 0.3 is 5.76 Å². The maximum Gasteiger partial charge on any atom is 0.418 e. The fourth-order valence-electron chi connectivity index (χ4n) is 1.25. The number of rotatable bonds is 0. The number of aromatic amines is 1. The molecule has 0 radical (unpaired) electrons. The van der Waals surface area contributed by atoms with Gasteiger partial charge < -0.3 is 9.52 Å². The molecule has 0 aromatic carbocycles. The van der Waals surface area contributed by atoms with Crippen LogP contribution in [-0.4, -0.2) is 15.1 Å². The second-order valence-corrected chi connectivity index (χ2v) is 2.86. The van der Waals surface area contributed by atoms with Crippen LogP contribution in [0.25, 0.3) is 11.2 Å². The van der Waals surface area contributed by atoms with Gasteiger partial charge in [0.15, 0.2) is 11.2 Å². The van der Waals surface area contributed by atoms with Crippen molar-refractivity contribution < 1.29 is 9.52 Å². The van der Waals surface area contributed by atoms with Crippen molar-refractivity contribution >= 4 is 11.2 Å². The van der Waals surface area contributed by atoms with E-state index in [0.717, 1.165) is 0 Å². The Morgan fingerprint density at radius 3 is 2.85 bits per heavy atom. The van der Waals surface area contributed by atoms with Gasteiger partial charge in [-0.1, -0.05) is 0 Å². The van der Waals surface area contributed by atoms with Crippen LogP contribution in [0, 0.1) is 13.8 Å². The summed E-state index contributed by atoms with van der Waals surface area (Å²) in [5, 5.41) is 9.48. The number of nitrogens with one attached hydrogen (secondary N) is 1. The molecule has 0 aliphatic heterocycles. The zero-order valence-corrected chi connectivity index (χ0v) is 7.21. The Hall–Kier alpha value is -1.78. The Labute approximate surface area is 73.0 Å². The molecule has 0 atom stereocenters. The van der Waals surface area contributed by atoms with Gasteiger partial charge in [-0.3, -0.25) is 4.98 Å². The van der Waals surface area contributed by atoms with Crippen molar-refractivity contribution in [3.63, 3.8) is 0 Å². The number of pyridine rings is 1.